The topological polar surface area (TPSA) is 127 Å². The molecule has 0 unspecified atom stereocenters. The van der Waals surface area contributed by atoms with Gasteiger partial charge < -0.3 is 19.7 Å². The van der Waals surface area contributed by atoms with Gasteiger partial charge in [-0.3, -0.25) is 9.59 Å². The highest BCUT2D eigenvalue weighted by atomic mass is 19.1. The first kappa shape index (κ1) is 30.6. The number of rotatable bonds is 12. The molecule has 0 aliphatic heterocycles. The SMILES string of the molecule is CCCCCCOC(=O)c1c(C(=O)c2ccccc2)c(O)c(O)c(OC(=O)c2ccccc2)c1C(=O)c1cccc(F)c1. The minimum atomic E-state index is -1.18. The molecule has 0 aromatic heterocycles. The maximum absolute atomic E-state index is 14.2. The fourth-order valence-corrected chi connectivity index (χ4v) is 4.44. The second-order valence-electron chi connectivity index (χ2n) is 9.64. The van der Waals surface area contributed by atoms with Gasteiger partial charge in [0.1, 0.15) is 5.82 Å². The van der Waals surface area contributed by atoms with Crippen LogP contribution in [0.4, 0.5) is 4.39 Å². The number of aromatic hydroxyl groups is 2. The molecule has 0 heterocycles. The van der Waals surface area contributed by atoms with Crippen molar-refractivity contribution < 1.29 is 43.3 Å². The summed E-state index contributed by atoms with van der Waals surface area (Å²) in [5, 5.41) is 22.3. The van der Waals surface area contributed by atoms with E-state index in [9.17, 15) is 33.8 Å². The zero-order valence-corrected chi connectivity index (χ0v) is 23.3. The van der Waals surface area contributed by atoms with E-state index in [2.05, 4.69) is 0 Å². The molecule has 4 aromatic rings. The standard InChI is InChI=1S/C34H29FO8/c1-2-3-4-11-19-42-34(41)25-26(28(36)21-13-7-5-8-14-21)30(38)31(39)32(43-33(40)22-15-9-6-10-16-22)27(25)29(37)23-17-12-18-24(35)20-23/h5-10,12-18,20,38-39H,2-4,11,19H2,1H3. The zero-order valence-electron chi connectivity index (χ0n) is 23.3. The summed E-state index contributed by atoms with van der Waals surface area (Å²) in [6.45, 7) is 1.93. The summed E-state index contributed by atoms with van der Waals surface area (Å²) in [6.07, 6.45) is 3.04. The predicted octanol–water partition coefficient (Wildman–Crippen LogP) is 6.66. The summed E-state index contributed by atoms with van der Waals surface area (Å²) < 4.78 is 25.1. The number of hydrogen-bond acceptors (Lipinski definition) is 8. The monoisotopic (exact) mass is 584 g/mol. The van der Waals surface area contributed by atoms with Crippen LogP contribution in [0, 0.1) is 5.82 Å². The highest BCUT2D eigenvalue weighted by molar-refractivity contribution is 6.24. The Morgan fingerprint density at radius 1 is 0.651 bits per heavy atom. The number of phenols is 2. The molecule has 4 rings (SSSR count). The van der Waals surface area contributed by atoms with E-state index >= 15 is 0 Å². The molecule has 43 heavy (non-hydrogen) atoms. The van der Waals surface area contributed by atoms with Gasteiger partial charge in [-0.1, -0.05) is 86.8 Å². The number of halogens is 1. The second-order valence-corrected chi connectivity index (χ2v) is 9.64. The summed E-state index contributed by atoms with van der Waals surface area (Å²) in [5.41, 5.74) is -2.45. The fraction of sp³-hybridized carbons (Fsp3) is 0.176. The molecule has 0 spiro atoms. The largest absolute Gasteiger partial charge is 0.504 e. The van der Waals surface area contributed by atoms with Gasteiger partial charge in [0, 0.05) is 11.1 Å². The minimum Gasteiger partial charge on any atom is -0.504 e. The molecule has 9 heteroatoms. The number of unbranched alkanes of at least 4 members (excludes halogenated alkanes) is 3. The molecule has 2 N–H and O–H groups in total. The number of ketones is 2. The number of esters is 2. The Bertz CT molecular complexity index is 1650. The van der Waals surface area contributed by atoms with E-state index in [4.69, 9.17) is 9.47 Å². The Hall–Kier alpha value is -5.31. The molecule has 8 nitrogen and oxygen atoms in total. The van der Waals surface area contributed by atoms with E-state index in [-0.39, 0.29) is 23.3 Å². The average Bonchev–Trinajstić information content (AvgIpc) is 3.03. The number of phenolic OH excluding ortho intramolecular Hbond substituents is 2. The van der Waals surface area contributed by atoms with Gasteiger partial charge in [-0.15, -0.1) is 0 Å². The van der Waals surface area contributed by atoms with Crippen molar-refractivity contribution in [3.63, 3.8) is 0 Å². The lowest BCUT2D eigenvalue weighted by Crippen LogP contribution is -2.22. The Kier molecular flexibility index (Phi) is 10.0. The van der Waals surface area contributed by atoms with Gasteiger partial charge >= 0.3 is 11.9 Å². The van der Waals surface area contributed by atoms with Crippen LogP contribution in [-0.4, -0.2) is 40.3 Å². The Labute approximate surface area is 247 Å². The van der Waals surface area contributed by atoms with Crippen LogP contribution in [-0.2, 0) is 4.74 Å². The van der Waals surface area contributed by atoms with Gasteiger partial charge in [-0.2, -0.15) is 0 Å². The molecular weight excluding hydrogens is 555 g/mol. The summed E-state index contributed by atoms with van der Waals surface area (Å²) in [4.78, 5) is 54.5. The van der Waals surface area contributed by atoms with Crippen LogP contribution in [0.3, 0.4) is 0 Å². The third-order valence-corrected chi connectivity index (χ3v) is 6.62. The summed E-state index contributed by atoms with van der Waals surface area (Å²) in [7, 11) is 0. The molecule has 0 saturated carbocycles. The molecule has 0 bridgehead atoms. The fourth-order valence-electron chi connectivity index (χ4n) is 4.44. The number of carbonyl (C=O) groups excluding carboxylic acids is 4. The van der Waals surface area contributed by atoms with Gasteiger partial charge in [-0.25, -0.2) is 14.0 Å². The maximum Gasteiger partial charge on any atom is 0.343 e. The van der Waals surface area contributed by atoms with Crippen LogP contribution in [0.2, 0.25) is 0 Å². The number of ether oxygens (including phenoxy) is 2. The third kappa shape index (κ3) is 6.95. The molecule has 0 radical (unpaired) electrons. The molecule has 0 saturated heterocycles. The molecule has 0 fully saturated rings. The van der Waals surface area contributed by atoms with Crippen molar-refractivity contribution in [3.8, 4) is 17.2 Å². The van der Waals surface area contributed by atoms with Crippen LogP contribution in [0.5, 0.6) is 17.2 Å². The molecule has 4 aromatic carbocycles. The van der Waals surface area contributed by atoms with E-state index < -0.39 is 63.3 Å². The lowest BCUT2D eigenvalue weighted by Gasteiger charge is -2.20. The van der Waals surface area contributed by atoms with Crippen LogP contribution < -0.4 is 4.74 Å². The van der Waals surface area contributed by atoms with E-state index in [1.54, 1.807) is 36.4 Å². The summed E-state index contributed by atoms with van der Waals surface area (Å²) in [5.74, 6) is -8.10. The van der Waals surface area contributed by atoms with Crippen LogP contribution in [0.25, 0.3) is 0 Å². The lowest BCUT2D eigenvalue weighted by atomic mass is 9.88. The van der Waals surface area contributed by atoms with E-state index in [0.717, 1.165) is 31.4 Å². The molecule has 0 aliphatic carbocycles. The predicted molar refractivity (Wildman–Crippen MR) is 155 cm³/mol. The van der Waals surface area contributed by atoms with Crippen molar-refractivity contribution in [3.05, 3.63) is 124 Å². The van der Waals surface area contributed by atoms with Gasteiger partial charge in [0.15, 0.2) is 23.1 Å². The van der Waals surface area contributed by atoms with Crippen molar-refractivity contribution in [2.45, 2.75) is 32.6 Å². The molecule has 0 aliphatic rings. The van der Waals surface area contributed by atoms with Gasteiger partial charge in [0.2, 0.25) is 5.75 Å². The first-order valence-electron chi connectivity index (χ1n) is 13.7. The van der Waals surface area contributed by atoms with Crippen LogP contribution in [0.15, 0.2) is 84.9 Å². The first-order valence-corrected chi connectivity index (χ1v) is 13.7. The molecular formula is C34H29FO8. The van der Waals surface area contributed by atoms with Gasteiger partial charge in [0.05, 0.1) is 28.9 Å². The first-order chi connectivity index (χ1) is 20.7. The lowest BCUT2D eigenvalue weighted by molar-refractivity contribution is 0.0489. The highest BCUT2D eigenvalue weighted by Crippen LogP contribution is 2.46. The number of carbonyl (C=O) groups is 4. The van der Waals surface area contributed by atoms with Gasteiger partial charge in [0.25, 0.3) is 0 Å². The second kappa shape index (κ2) is 14.0. The van der Waals surface area contributed by atoms with Crippen molar-refractivity contribution in [1.82, 2.24) is 0 Å². The average molecular weight is 585 g/mol. The van der Waals surface area contributed by atoms with Crippen molar-refractivity contribution in [2.75, 3.05) is 6.61 Å². The minimum absolute atomic E-state index is 0.0207. The smallest absolute Gasteiger partial charge is 0.343 e. The Balaban J connectivity index is 1.98. The van der Waals surface area contributed by atoms with Crippen LogP contribution in [0.1, 0.15) is 85.2 Å². The van der Waals surface area contributed by atoms with E-state index in [0.29, 0.717) is 6.42 Å². The van der Waals surface area contributed by atoms with Crippen molar-refractivity contribution in [1.29, 1.82) is 0 Å². The Morgan fingerprint density at radius 2 is 1.26 bits per heavy atom. The summed E-state index contributed by atoms with van der Waals surface area (Å²) >= 11 is 0. The maximum atomic E-state index is 14.2. The molecule has 0 amide bonds. The third-order valence-electron chi connectivity index (χ3n) is 6.62. The number of hydrogen-bond donors (Lipinski definition) is 2. The zero-order chi connectivity index (χ0) is 30.9. The normalized spacial score (nSPS) is 10.7. The highest BCUT2D eigenvalue weighted by Gasteiger charge is 2.37. The van der Waals surface area contributed by atoms with Crippen LogP contribution >= 0.6 is 0 Å². The van der Waals surface area contributed by atoms with Gasteiger partial charge in [-0.05, 0) is 30.7 Å². The summed E-state index contributed by atoms with van der Waals surface area (Å²) in [6, 6.07) is 19.6. The Morgan fingerprint density at radius 3 is 1.88 bits per heavy atom. The number of benzene rings is 4. The molecule has 0 atom stereocenters. The van der Waals surface area contributed by atoms with Crippen molar-refractivity contribution in [2.24, 2.45) is 0 Å². The van der Waals surface area contributed by atoms with E-state index in [1.165, 1.54) is 36.4 Å². The van der Waals surface area contributed by atoms with E-state index in [1.807, 2.05) is 6.92 Å². The molecule has 220 valence electrons. The van der Waals surface area contributed by atoms with Crippen molar-refractivity contribution >= 4 is 23.5 Å². The quantitative estimate of drug-likeness (QED) is 0.0623.